The minimum absolute atomic E-state index is 0.0466. The molecule has 3 nitrogen and oxygen atoms in total. The number of benzene rings is 2. The smallest absolute Gasteiger partial charge is 0.294 e. The quantitative estimate of drug-likeness (QED) is 0.656. The fourth-order valence-corrected chi connectivity index (χ4v) is 3.16. The highest BCUT2D eigenvalue weighted by Gasteiger charge is 2.10. The van der Waals surface area contributed by atoms with Gasteiger partial charge >= 0.3 is 0 Å². The summed E-state index contributed by atoms with van der Waals surface area (Å²) in [5.74, 6) is 0.323. The summed E-state index contributed by atoms with van der Waals surface area (Å²) in [7, 11) is 0. The number of aromatic nitrogens is 1. The Kier molecular flexibility index (Phi) is 4.26. The summed E-state index contributed by atoms with van der Waals surface area (Å²) in [6.07, 6.45) is 3.59. The zero-order chi connectivity index (χ0) is 16.4. The lowest BCUT2D eigenvalue weighted by molar-refractivity contribution is 0.262. The Morgan fingerprint density at radius 2 is 1.65 bits per heavy atom. The summed E-state index contributed by atoms with van der Waals surface area (Å²) in [5, 5.41) is 9.83. The molecule has 1 N–H and O–H groups in total. The van der Waals surface area contributed by atoms with Gasteiger partial charge in [0.15, 0.2) is 0 Å². The molecule has 0 bridgehead atoms. The van der Waals surface area contributed by atoms with Gasteiger partial charge in [-0.15, -0.1) is 0 Å². The average Bonchev–Trinajstić information content (AvgIpc) is 3.03. The number of phenols is 1. The zero-order valence-corrected chi connectivity index (χ0v) is 13.8. The maximum atomic E-state index is 12.3. The van der Waals surface area contributed by atoms with E-state index in [4.69, 9.17) is 0 Å². The van der Waals surface area contributed by atoms with Gasteiger partial charge in [0.2, 0.25) is 0 Å². The Morgan fingerprint density at radius 3 is 2.30 bits per heavy atom. The molecule has 0 saturated heterocycles. The van der Waals surface area contributed by atoms with Crippen molar-refractivity contribution in [2.75, 3.05) is 0 Å². The van der Waals surface area contributed by atoms with Crippen LogP contribution >= 0.6 is 11.8 Å². The Labute approximate surface area is 139 Å². The van der Waals surface area contributed by atoms with Crippen molar-refractivity contribution >= 4 is 17.0 Å². The molecule has 0 saturated carbocycles. The predicted octanol–water partition coefficient (Wildman–Crippen LogP) is 5.24. The Morgan fingerprint density at radius 1 is 1.00 bits per heavy atom. The van der Waals surface area contributed by atoms with Crippen LogP contribution in [-0.4, -0.2) is 14.9 Å². The maximum Gasteiger partial charge on any atom is 0.294 e. The first-order valence-electron chi connectivity index (χ1n) is 7.30. The van der Waals surface area contributed by atoms with Crippen molar-refractivity contribution in [1.82, 2.24) is 4.57 Å². The van der Waals surface area contributed by atoms with Gasteiger partial charge in [0, 0.05) is 17.3 Å². The number of aromatic hydroxyl groups is 1. The molecule has 116 valence electrons. The molecule has 23 heavy (non-hydrogen) atoms. The van der Waals surface area contributed by atoms with E-state index in [1.54, 1.807) is 10.8 Å². The number of hydrogen-bond acceptors (Lipinski definition) is 3. The Balaban J connectivity index is 1.84. The molecule has 0 amide bonds. The lowest BCUT2D eigenvalue weighted by atomic mass is 10.0. The van der Waals surface area contributed by atoms with Crippen LogP contribution in [0.1, 0.15) is 11.1 Å². The van der Waals surface area contributed by atoms with Crippen molar-refractivity contribution in [2.24, 2.45) is 0 Å². The molecule has 0 radical (unpaired) electrons. The van der Waals surface area contributed by atoms with Crippen molar-refractivity contribution in [3.63, 3.8) is 0 Å². The van der Waals surface area contributed by atoms with Crippen molar-refractivity contribution in [1.29, 1.82) is 0 Å². The van der Waals surface area contributed by atoms with Crippen LogP contribution in [0.5, 0.6) is 5.75 Å². The number of nitrogens with zero attached hydrogens (tertiary/aromatic N) is 1. The minimum atomic E-state index is -0.0466. The van der Waals surface area contributed by atoms with Gasteiger partial charge in [-0.2, -0.15) is 0 Å². The molecule has 0 aliphatic rings. The fourth-order valence-electron chi connectivity index (χ4n) is 2.45. The second-order valence-corrected chi connectivity index (χ2v) is 6.47. The number of phenolic OH excluding ortho intramolecular Hbond substituents is 1. The Bertz CT molecular complexity index is 830. The monoisotopic (exact) mass is 323 g/mol. The second-order valence-electron chi connectivity index (χ2n) is 5.45. The topological polar surface area (TPSA) is 42.2 Å². The molecule has 3 rings (SSSR count). The largest absolute Gasteiger partial charge is 0.507 e. The standard InChI is InChI=1S/C19H17NO2S/c1-13-10-16(11-14(2)18(13)21)15-8-9-20(12-15)19(22)23-17-6-4-3-5-7-17/h3-12,21H,1-2H3. The highest BCUT2D eigenvalue weighted by atomic mass is 32.2. The first-order valence-corrected chi connectivity index (χ1v) is 8.12. The molecule has 4 heteroatoms. The third kappa shape index (κ3) is 3.32. The van der Waals surface area contributed by atoms with Crippen molar-refractivity contribution in [2.45, 2.75) is 18.7 Å². The third-order valence-electron chi connectivity index (χ3n) is 3.68. The number of thioether (sulfide) groups is 1. The number of carbonyl (C=O) groups excluding carboxylic acids is 1. The SMILES string of the molecule is Cc1cc(-c2ccn(C(=O)Sc3ccccc3)c2)cc(C)c1O. The van der Waals surface area contributed by atoms with Gasteiger partial charge in [0.1, 0.15) is 5.75 Å². The highest BCUT2D eigenvalue weighted by Crippen LogP contribution is 2.30. The molecular weight excluding hydrogens is 306 g/mol. The van der Waals surface area contributed by atoms with E-state index in [2.05, 4.69) is 0 Å². The van der Waals surface area contributed by atoms with Crippen molar-refractivity contribution in [3.8, 4) is 16.9 Å². The lowest BCUT2D eigenvalue weighted by Crippen LogP contribution is -2.01. The molecule has 1 aromatic heterocycles. The molecular formula is C19H17NO2S. The van der Waals surface area contributed by atoms with E-state index in [0.717, 1.165) is 27.1 Å². The van der Waals surface area contributed by atoms with Gasteiger partial charge in [-0.05, 0) is 78.2 Å². The summed E-state index contributed by atoms with van der Waals surface area (Å²) >= 11 is 1.20. The van der Waals surface area contributed by atoms with Crippen molar-refractivity contribution < 1.29 is 9.90 Å². The number of aryl methyl sites for hydroxylation is 2. The van der Waals surface area contributed by atoms with Gasteiger partial charge in [-0.25, -0.2) is 0 Å². The third-order valence-corrected chi connectivity index (χ3v) is 4.57. The molecule has 1 heterocycles. The number of carbonyl (C=O) groups is 1. The number of hydrogen-bond donors (Lipinski definition) is 1. The number of rotatable bonds is 2. The summed E-state index contributed by atoms with van der Waals surface area (Å²) in [6.45, 7) is 3.75. The minimum Gasteiger partial charge on any atom is -0.507 e. The first kappa shape index (κ1) is 15.4. The van der Waals surface area contributed by atoms with Crippen LogP contribution in [0.15, 0.2) is 65.8 Å². The van der Waals surface area contributed by atoms with Crippen LogP contribution in [0.2, 0.25) is 0 Å². The molecule has 0 unspecified atom stereocenters. The average molecular weight is 323 g/mol. The van der Waals surface area contributed by atoms with E-state index in [1.165, 1.54) is 11.8 Å². The fraction of sp³-hybridized carbons (Fsp3) is 0.105. The summed E-state index contributed by atoms with van der Waals surface area (Å²) in [6, 6.07) is 15.4. The van der Waals surface area contributed by atoms with Gasteiger partial charge in [0.05, 0.1) is 0 Å². The zero-order valence-electron chi connectivity index (χ0n) is 13.0. The van der Waals surface area contributed by atoms with E-state index >= 15 is 0 Å². The van der Waals surface area contributed by atoms with Crippen LogP contribution in [0.25, 0.3) is 11.1 Å². The molecule has 2 aromatic carbocycles. The van der Waals surface area contributed by atoms with E-state index in [1.807, 2.05) is 68.6 Å². The normalized spacial score (nSPS) is 10.7. The second kappa shape index (κ2) is 6.34. The molecule has 0 aliphatic heterocycles. The van der Waals surface area contributed by atoms with Gasteiger partial charge in [0.25, 0.3) is 5.24 Å². The van der Waals surface area contributed by atoms with Gasteiger partial charge in [-0.1, -0.05) is 18.2 Å². The molecule has 0 spiro atoms. The van der Waals surface area contributed by atoms with Crippen LogP contribution in [0.4, 0.5) is 4.79 Å². The van der Waals surface area contributed by atoms with E-state index < -0.39 is 0 Å². The van der Waals surface area contributed by atoms with E-state index in [-0.39, 0.29) is 5.24 Å². The van der Waals surface area contributed by atoms with Crippen molar-refractivity contribution in [3.05, 3.63) is 72.1 Å². The summed E-state index contributed by atoms with van der Waals surface area (Å²) in [5.41, 5.74) is 3.61. The maximum absolute atomic E-state index is 12.3. The van der Waals surface area contributed by atoms with E-state index in [9.17, 15) is 9.90 Å². The van der Waals surface area contributed by atoms with Gasteiger partial charge in [-0.3, -0.25) is 9.36 Å². The Hall–Kier alpha value is -2.46. The van der Waals surface area contributed by atoms with Crippen LogP contribution in [0, 0.1) is 13.8 Å². The first-order chi connectivity index (χ1) is 11.0. The van der Waals surface area contributed by atoms with Gasteiger partial charge < -0.3 is 5.11 Å². The molecule has 0 fully saturated rings. The summed E-state index contributed by atoms with van der Waals surface area (Å²) in [4.78, 5) is 13.3. The molecule has 3 aromatic rings. The lowest BCUT2D eigenvalue weighted by Gasteiger charge is -2.06. The highest BCUT2D eigenvalue weighted by molar-refractivity contribution is 8.13. The molecule has 0 aliphatic carbocycles. The van der Waals surface area contributed by atoms with E-state index in [0.29, 0.717) is 5.75 Å². The van der Waals surface area contributed by atoms with Crippen LogP contribution < -0.4 is 0 Å². The summed E-state index contributed by atoms with van der Waals surface area (Å²) < 4.78 is 1.59. The predicted molar refractivity (Wildman–Crippen MR) is 94.1 cm³/mol. The molecule has 0 atom stereocenters. The van der Waals surface area contributed by atoms with Crippen LogP contribution in [-0.2, 0) is 0 Å². The van der Waals surface area contributed by atoms with Crippen LogP contribution in [0.3, 0.4) is 0 Å².